The maximum atomic E-state index is 12.6. The molecule has 1 aromatic heterocycles. The van der Waals surface area contributed by atoms with Crippen molar-refractivity contribution in [1.29, 1.82) is 0 Å². The van der Waals surface area contributed by atoms with Crippen molar-refractivity contribution in [3.8, 4) is 11.3 Å². The number of fused-ring (bicyclic) bond motifs is 1. The highest BCUT2D eigenvalue weighted by Crippen LogP contribution is 2.33. The zero-order chi connectivity index (χ0) is 18.4. The van der Waals surface area contributed by atoms with Crippen LogP contribution < -0.4 is 10.2 Å². The summed E-state index contributed by atoms with van der Waals surface area (Å²) in [7, 11) is 0. The molecule has 6 nitrogen and oxygen atoms in total. The summed E-state index contributed by atoms with van der Waals surface area (Å²) in [4.78, 5) is 24.5. The van der Waals surface area contributed by atoms with E-state index >= 15 is 0 Å². The van der Waals surface area contributed by atoms with Crippen LogP contribution in [0.25, 0.3) is 11.3 Å². The Morgan fingerprint density at radius 1 is 1.15 bits per heavy atom. The van der Waals surface area contributed by atoms with Crippen molar-refractivity contribution in [2.45, 2.75) is 50.7 Å². The van der Waals surface area contributed by atoms with Gasteiger partial charge in [-0.1, -0.05) is 12.1 Å². The lowest BCUT2D eigenvalue weighted by Gasteiger charge is -2.33. The topological polar surface area (TPSA) is 78.3 Å². The first-order valence-electron chi connectivity index (χ1n) is 9.93. The van der Waals surface area contributed by atoms with Gasteiger partial charge in [-0.25, -0.2) is 9.97 Å². The number of aliphatic hydroxyl groups excluding tert-OH is 1. The number of hydrogen-bond donors (Lipinski definition) is 2. The second-order valence-corrected chi connectivity index (χ2v) is 7.80. The van der Waals surface area contributed by atoms with Crippen molar-refractivity contribution in [3.63, 3.8) is 0 Å². The molecule has 6 heteroatoms. The van der Waals surface area contributed by atoms with Crippen LogP contribution in [0, 0.1) is 0 Å². The van der Waals surface area contributed by atoms with E-state index in [0.29, 0.717) is 5.56 Å². The van der Waals surface area contributed by atoms with Crippen molar-refractivity contribution in [2.24, 2.45) is 0 Å². The fourth-order valence-corrected chi connectivity index (χ4v) is 4.03. The highest BCUT2D eigenvalue weighted by Gasteiger charge is 2.30. The fraction of sp³-hybridized carbons (Fsp3) is 0.476. The molecule has 1 aliphatic heterocycles. The zero-order valence-electron chi connectivity index (χ0n) is 15.3. The monoisotopic (exact) mass is 364 g/mol. The zero-order valence-corrected chi connectivity index (χ0v) is 15.3. The molecular formula is C21H24N4O2. The van der Waals surface area contributed by atoms with Crippen LogP contribution in [0.4, 0.5) is 5.95 Å². The average molecular weight is 364 g/mol. The molecular weight excluding hydrogens is 340 g/mol. The van der Waals surface area contributed by atoms with Crippen molar-refractivity contribution < 1.29 is 9.90 Å². The van der Waals surface area contributed by atoms with E-state index in [1.165, 1.54) is 12.0 Å². The number of rotatable bonds is 4. The van der Waals surface area contributed by atoms with Gasteiger partial charge in [-0.05, 0) is 50.7 Å². The normalized spacial score (nSPS) is 23.4. The first kappa shape index (κ1) is 16.7. The summed E-state index contributed by atoms with van der Waals surface area (Å²) < 4.78 is 0. The first-order valence-corrected chi connectivity index (χ1v) is 9.93. The number of carbonyl (C=O) groups is 1. The molecule has 5 rings (SSSR count). The Morgan fingerprint density at radius 3 is 2.74 bits per heavy atom. The molecule has 1 aromatic carbocycles. The minimum Gasteiger partial charge on any atom is -0.391 e. The van der Waals surface area contributed by atoms with Crippen LogP contribution >= 0.6 is 0 Å². The van der Waals surface area contributed by atoms with Gasteiger partial charge in [-0.3, -0.25) is 4.79 Å². The molecule has 27 heavy (non-hydrogen) atoms. The third kappa shape index (κ3) is 2.98. The third-order valence-electron chi connectivity index (χ3n) is 6.01. The minimum atomic E-state index is -0.415. The molecule has 0 bridgehead atoms. The van der Waals surface area contributed by atoms with Crippen LogP contribution in [0.1, 0.15) is 47.3 Å². The number of nitrogens with one attached hydrogen (secondary N) is 1. The first-order chi connectivity index (χ1) is 13.2. The van der Waals surface area contributed by atoms with Gasteiger partial charge in [0.15, 0.2) is 0 Å². The van der Waals surface area contributed by atoms with Crippen molar-refractivity contribution in [1.82, 2.24) is 15.3 Å². The predicted molar refractivity (Wildman–Crippen MR) is 103 cm³/mol. The second kappa shape index (κ2) is 6.60. The van der Waals surface area contributed by atoms with E-state index in [-0.39, 0.29) is 11.9 Å². The number of anilines is 1. The summed E-state index contributed by atoms with van der Waals surface area (Å²) in [6, 6.07) is 7.55. The lowest BCUT2D eigenvalue weighted by molar-refractivity contribution is 0.0447. The molecule has 1 saturated heterocycles. The number of nitrogens with zero attached hydrogens (tertiary/aromatic N) is 3. The molecule has 1 amide bonds. The molecule has 1 saturated carbocycles. The lowest BCUT2D eigenvalue weighted by atomic mass is 9.89. The highest BCUT2D eigenvalue weighted by atomic mass is 16.3. The number of hydrogen-bond acceptors (Lipinski definition) is 5. The molecule has 2 N–H and O–H groups in total. The number of aryl methyl sites for hydroxylation is 1. The maximum Gasteiger partial charge on any atom is 0.251 e. The van der Waals surface area contributed by atoms with Crippen LogP contribution in [0.15, 0.2) is 24.3 Å². The van der Waals surface area contributed by atoms with Gasteiger partial charge in [0.2, 0.25) is 5.95 Å². The summed E-state index contributed by atoms with van der Waals surface area (Å²) in [6.07, 6.45) is 5.49. The van der Waals surface area contributed by atoms with Gasteiger partial charge in [-0.2, -0.15) is 0 Å². The molecule has 2 heterocycles. The SMILES string of the molecule is O=C(NC1CCC1O)c1cccc(-c2nc(N3CCC3)nc3c2CCC3)c1. The molecule has 2 unspecified atom stereocenters. The molecule has 140 valence electrons. The van der Waals surface area contributed by atoms with E-state index in [0.717, 1.165) is 68.1 Å². The number of carbonyl (C=O) groups excluding carboxylic acids is 1. The summed E-state index contributed by atoms with van der Waals surface area (Å²) in [5.74, 6) is 0.693. The predicted octanol–water partition coefficient (Wildman–Crippen LogP) is 2.10. The van der Waals surface area contributed by atoms with E-state index in [2.05, 4.69) is 10.2 Å². The standard InChI is InChI=1S/C21H24N4O2/c26-18-9-8-17(18)22-20(27)14-5-1-4-13(12-14)19-15-6-2-7-16(15)23-21(24-19)25-10-3-11-25/h1,4-5,12,17-18,26H,2-3,6-11H2,(H,22,27). The van der Waals surface area contributed by atoms with Gasteiger partial charge in [0.05, 0.1) is 17.8 Å². The Bertz CT molecular complexity index is 894. The van der Waals surface area contributed by atoms with Gasteiger partial charge in [0.25, 0.3) is 5.91 Å². The van der Waals surface area contributed by atoms with Gasteiger partial charge in [-0.15, -0.1) is 0 Å². The average Bonchev–Trinajstić information content (AvgIpc) is 3.11. The molecule has 2 atom stereocenters. The summed E-state index contributed by atoms with van der Waals surface area (Å²) in [5.41, 5.74) is 4.94. The number of aliphatic hydroxyl groups is 1. The van der Waals surface area contributed by atoms with Crippen LogP contribution in [-0.4, -0.2) is 46.2 Å². The van der Waals surface area contributed by atoms with E-state index in [1.807, 2.05) is 24.3 Å². The van der Waals surface area contributed by atoms with Gasteiger partial charge < -0.3 is 15.3 Å². The van der Waals surface area contributed by atoms with Crippen LogP contribution in [0.5, 0.6) is 0 Å². The smallest absolute Gasteiger partial charge is 0.251 e. The second-order valence-electron chi connectivity index (χ2n) is 7.80. The lowest BCUT2D eigenvalue weighted by Crippen LogP contribution is -2.50. The Labute approximate surface area is 158 Å². The van der Waals surface area contributed by atoms with Crippen LogP contribution in [-0.2, 0) is 12.8 Å². The van der Waals surface area contributed by atoms with E-state index in [4.69, 9.17) is 9.97 Å². The quantitative estimate of drug-likeness (QED) is 0.869. The highest BCUT2D eigenvalue weighted by molar-refractivity contribution is 5.95. The summed E-state index contributed by atoms with van der Waals surface area (Å²) in [6.45, 7) is 2.04. The van der Waals surface area contributed by atoms with Gasteiger partial charge >= 0.3 is 0 Å². The molecule has 2 aromatic rings. The minimum absolute atomic E-state index is 0.123. The maximum absolute atomic E-state index is 12.6. The Kier molecular flexibility index (Phi) is 4.08. The molecule has 0 radical (unpaired) electrons. The Balaban J connectivity index is 1.47. The van der Waals surface area contributed by atoms with Crippen molar-refractivity contribution >= 4 is 11.9 Å². The van der Waals surface area contributed by atoms with E-state index in [1.54, 1.807) is 0 Å². The summed E-state index contributed by atoms with van der Waals surface area (Å²) in [5, 5.41) is 12.6. The van der Waals surface area contributed by atoms with E-state index in [9.17, 15) is 9.90 Å². The summed E-state index contributed by atoms with van der Waals surface area (Å²) >= 11 is 0. The molecule has 3 aliphatic rings. The van der Waals surface area contributed by atoms with Crippen LogP contribution in [0.3, 0.4) is 0 Å². The van der Waals surface area contributed by atoms with Gasteiger partial charge in [0, 0.05) is 35.5 Å². The van der Waals surface area contributed by atoms with Crippen molar-refractivity contribution in [3.05, 3.63) is 41.1 Å². The largest absolute Gasteiger partial charge is 0.391 e. The number of aromatic nitrogens is 2. The molecule has 0 spiro atoms. The van der Waals surface area contributed by atoms with E-state index < -0.39 is 6.10 Å². The molecule has 2 fully saturated rings. The number of amides is 1. The Hall–Kier alpha value is -2.47. The molecule has 2 aliphatic carbocycles. The third-order valence-corrected chi connectivity index (χ3v) is 6.01. The number of benzene rings is 1. The van der Waals surface area contributed by atoms with Gasteiger partial charge in [0.1, 0.15) is 0 Å². The van der Waals surface area contributed by atoms with Crippen molar-refractivity contribution in [2.75, 3.05) is 18.0 Å². The fourth-order valence-electron chi connectivity index (χ4n) is 4.03. The van der Waals surface area contributed by atoms with Crippen LogP contribution in [0.2, 0.25) is 0 Å². The Morgan fingerprint density at radius 2 is 2.04 bits per heavy atom.